The minimum atomic E-state index is -4.70. The van der Waals surface area contributed by atoms with Crippen molar-refractivity contribution in [3.63, 3.8) is 0 Å². The van der Waals surface area contributed by atoms with E-state index in [2.05, 4.69) is 10.1 Å². The van der Waals surface area contributed by atoms with Crippen LogP contribution in [0.1, 0.15) is 29.9 Å². The Labute approximate surface area is 120 Å². The topological polar surface area (TPSA) is 34.4 Å². The van der Waals surface area contributed by atoms with Crippen molar-refractivity contribution in [2.45, 2.75) is 26.3 Å². The number of alkyl halides is 3. The van der Waals surface area contributed by atoms with Crippen LogP contribution in [-0.2, 0) is 0 Å². The summed E-state index contributed by atoms with van der Waals surface area (Å²) in [6.07, 6.45) is -3.14. The lowest BCUT2D eigenvalue weighted by Crippen LogP contribution is -2.22. The second kappa shape index (κ2) is 6.22. The van der Waals surface area contributed by atoms with Gasteiger partial charge in [0, 0.05) is 5.56 Å². The van der Waals surface area contributed by atoms with E-state index < -0.39 is 6.36 Å². The lowest BCUT2D eigenvalue weighted by molar-refractivity contribution is -0.274. The summed E-state index contributed by atoms with van der Waals surface area (Å²) in [7, 11) is 0. The molecule has 1 heterocycles. The first-order chi connectivity index (χ1) is 9.90. The van der Waals surface area contributed by atoms with E-state index in [1.54, 1.807) is 18.4 Å². The van der Waals surface area contributed by atoms with Crippen LogP contribution in [0.15, 0.2) is 41.0 Å². The summed E-state index contributed by atoms with van der Waals surface area (Å²) in [6.45, 7) is 4.41. The molecule has 1 aromatic carbocycles. The quantitative estimate of drug-likeness (QED) is 0.899. The summed E-state index contributed by atoms with van der Waals surface area (Å²) >= 11 is 0. The lowest BCUT2D eigenvalue weighted by Gasteiger charge is -2.19. The van der Waals surface area contributed by atoms with Gasteiger partial charge in [-0.2, -0.15) is 0 Å². The van der Waals surface area contributed by atoms with E-state index in [1.807, 2.05) is 13.8 Å². The van der Waals surface area contributed by atoms with Crippen LogP contribution in [0, 0.1) is 6.92 Å². The van der Waals surface area contributed by atoms with Crippen LogP contribution in [0.25, 0.3) is 0 Å². The van der Waals surface area contributed by atoms with Crippen LogP contribution >= 0.6 is 0 Å². The van der Waals surface area contributed by atoms with Gasteiger partial charge in [0.15, 0.2) is 0 Å². The smallest absolute Gasteiger partial charge is 0.469 e. The molecule has 0 bridgehead atoms. The summed E-state index contributed by atoms with van der Waals surface area (Å²) in [5.41, 5.74) is 1.57. The van der Waals surface area contributed by atoms with Crippen LogP contribution in [-0.4, -0.2) is 12.9 Å². The first-order valence-corrected chi connectivity index (χ1v) is 6.54. The Balaban J connectivity index is 2.33. The first-order valence-electron chi connectivity index (χ1n) is 6.54. The molecule has 1 unspecified atom stereocenters. The standard InChI is InChI=1S/C15H16F3NO2/c1-3-19-14(13-7-8-20-10(13)2)11-5-4-6-12(9-11)21-15(16,17)18/h4-9,14,19H,3H2,1-2H3. The molecule has 0 amide bonds. The normalized spacial score (nSPS) is 13.2. The number of halogens is 3. The molecule has 1 aromatic heterocycles. The van der Waals surface area contributed by atoms with Crippen LogP contribution in [0.2, 0.25) is 0 Å². The van der Waals surface area contributed by atoms with E-state index in [4.69, 9.17) is 4.42 Å². The second-order valence-electron chi connectivity index (χ2n) is 4.54. The van der Waals surface area contributed by atoms with Crippen molar-refractivity contribution in [1.82, 2.24) is 5.32 Å². The van der Waals surface area contributed by atoms with Crippen molar-refractivity contribution in [2.24, 2.45) is 0 Å². The zero-order valence-electron chi connectivity index (χ0n) is 11.7. The summed E-state index contributed by atoms with van der Waals surface area (Å²) in [6, 6.07) is 7.51. The number of hydrogen-bond acceptors (Lipinski definition) is 3. The number of rotatable bonds is 5. The van der Waals surface area contributed by atoms with Crippen LogP contribution in [0.3, 0.4) is 0 Å². The molecule has 3 nitrogen and oxygen atoms in total. The molecule has 0 aliphatic heterocycles. The van der Waals surface area contributed by atoms with Gasteiger partial charge in [0.2, 0.25) is 0 Å². The minimum absolute atomic E-state index is 0.232. The fourth-order valence-corrected chi connectivity index (χ4v) is 2.20. The molecule has 1 atom stereocenters. The largest absolute Gasteiger partial charge is 0.573 e. The van der Waals surface area contributed by atoms with E-state index in [0.717, 1.165) is 11.3 Å². The summed E-state index contributed by atoms with van der Waals surface area (Å²) in [5, 5.41) is 3.24. The van der Waals surface area contributed by atoms with Gasteiger partial charge in [-0.05, 0) is 37.2 Å². The molecular formula is C15H16F3NO2. The maximum atomic E-state index is 12.3. The van der Waals surface area contributed by atoms with Crippen molar-refractivity contribution in [3.05, 3.63) is 53.5 Å². The molecule has 0 fully saturated rings. The molecule has 0 saturated heterocycles. The molecule has 1 N–H and O–H groups in total. The van der Waals surface area contributed by atoms with Crippen molar-refractivity contribution >= 4 is 0 Å². The number of benzene rings is 1. The zero-order valence-corrected chi connectivity index (χ0v) is 11.7. The SMILES string of the molecule is CCNC(c1cccc(OC(F)(F)F)c1)c1ccoc1C. The third-order valence-electron chi connectivity index (χ3n) is 3.04. The molecule has 0 spiro atoms. The highest BCUT2D eigenvalue weighted by atomic mass is 19.4. The molecule has 6 heteroatoms. The fraction of sp³-hybridized carbons (Fsp3) is 0.333. The average Bonchev–Trinajstić information content (AvgIpc) is 2.80. The van der Waals surface area contributed by atoms with Crippen molar-refractivity contribution in [1.29, 1.82) is 0 Å². The molecule has 2 rings (SSSR count). The molecule has 0 radical (unpaired) electrons. The van der Waals surface area contributed by atoms with E-state index in [1.165, 1.54) is 18.2 Å². The Kier molecular flexibility index (Phi) is 4.57. The Morgan fingerprint density at radius 3 is 2.62 bits per heavy atom. The highest BCUT2D eigenvalue weighted by Crippen LogP contribution is 2.30. The second-order valence-corrected chi connectivity index (χ2v) is 4.54. The van der Waals surface area contributed by atoms with Gasteiger partial charge in [0.1, 0.15) is 11.5 Å². The maximum absolute atomic E-state index is 12.3. The van der Waals surface area contributed by atoms with E-state index >= 15 is 0 Å². The van der Waals surface area contributed by atoms with Crippen molar-refractivity contribution in [2.75, 3.05) is 6.54 Å². The molecule has 0 aliphatic rings. The molecule has 21 heavy (non-hydrogen) atoms. The van der Waals surface area contributed by atoms with Crippen LogP contribution in [0.5, 0.6) is 5.75 Å². The number of furan rings is 1. The Morgan fingerprint density at radius 2 is 2.05 bits per heavy atom. The van der Waals surface area contributed by atoms with E-state index in [9.17, 15) is 13.2 Å². The maximum Gasteiger partial charge on any atom is 0.573 e. The Hall–Kier alpha value is -1.95. The minimum Gasteiger partial charge on any atom is -0.469 e. The predicted molar refractivity (Wildman–Crippen MR) is 72.1 cm³/mol. The van der Waals surface area contributed by atoms with Gasteiger partial charge < -0.3 is 14.5 Å². The lowest BCUT2D eigenvalue weighted by atomic mass is 9.99. The fourth-order valence-electron chi connectivity index (χ4n) is 2.20. The highest BCUT2D eigenvalue weighted by Gasteiger charge is 2.31. The number of ether oxygens (including phenoxy) is 1. The van der Waals surface area contributed by atoms with Gasteiger partial charge in [0.25, 0.3) is 0 Å². The molecule has 0 aliphatic carbocycles. The van der Waals surface area contributed by atoms with E-state index in [0.29, 0.717) is 12.1 Å². The van der Waals surface area contributed by atoms with Crippen molar-refractivity contribution < 1.29 is 22.3 Å². The van der Waals surface area contributed by atoms with Gasteiger partial charge in [-0.15, -0.1) is 13.2 Å². The van der Waals surface area contributed by atoms with Crippen molar-refractivity contribution in [3.8, 4) is 5.75 Å². The summed E-state index contributed by atoms with van der Waals surface area (Å²) in [4.78, 5) is 0. The summed E-state index contributed by atoms with van der Waals surface area (Å²) < 4.78 is 46.2. The summed E-state index contributed by atoms with van der Waals surface area (Å²) in [5.74, 6) is 0.493. The monoisotopic (exact) mass is 299 g/mol. The van der Waals surface area contributed by atoms with Gasteiger partial charge in [-0.1, -0.05) is 19.1 Å². The van der Waals surface area contributed by atoms with Gasteiger partial charge >= 0.3 is 6.36 Å². The molecular weight excluding hydrogens is 283 g/mol. The molecule has 0 saturated carbocycles. The number of nitrogens with one attached hydrogen (secondary N) is 1. The van der Waals surface area contributed by atoms with Gasteiger partial charge in [0.05, 0.1) is 12.3 Å². The number of hydrogen-bond donors (Lipinski definition) is 1. The third kappa shape index (κ3) is 4.01. The van der Waals surface area contributed by atoms with Crippen LogP contribution < -0.4 is 10.1 Å². The van der Waals surface area contributed by atoms with E-state index in [-0.39, 0.29) is 11.8 Å². The first kappa shape index (κ1) is 15.4. The molecule has 114 valence electrons. The Bertz CT molecular complexity index is 593. The zero-order chi connectivity index (χ0) is 15.5. The highest BCUT2D eigenvalue weighted by molar-refractivity contribution is 5.37. The van der Waals surface area contributed by atoms with Crippen LogP contribution in [0.4, 0.5) is 13.2 Å². The predicted octanol–water partition coefficient (Wildman–Crippen LogP) is 4.19. The van der Waals surface area contributed by atoms with Gasteiger partial charge in [-0.25, -0.2) is 0 Å². The van der Waals surface area contributed by atoms with Gasteiger partial charge in [-0.3, -0.25) is 0 Å². The average molecular weight is 299 g/mol. The Morgan fingerprint density at radius 1 is 1.29 bits per heavy atom. The molecule has 2 aromatic rings. The third-order valence-corrected chi connectivity index (χ3v) is 3.04. The number of aryl methyl sites for hydroxylation is 1.